The second-order valence-corrected chi connectivity index (χ2v) is 4.47. The van der Waals surface area contributed by atoms with Crippen molar-refractivity contribution in [1.82, 2.24) is 5.32 Å². The molecule has 2 aromatic rings. The minimum Gasteiger partial charge on any atom is -0.317 e. The minimum absolute atomic E-state index is 0.195. The van der Waals surface area contributed by atoms with Gasteiger partial charge in [-0.25, -0.2) is 0 Å². The van der Waals surface area contributed by atoms with Gasteiger partial charge in [0.05, 0.1) is 0 Å². The largest absolute Gasteiger partial charge is 0.317 e. The average Bonchev–Trinajstić information content (AvgIpc) is 2.48. The molecule has 0 radical (unpaired) electrons. The van der Waals surface area contributed by atoms with Gasteiger partial charge in [0.25, 0.3) is 0 Å². The van der Waals surface area contributed by atoms with Crippen molar-refractivity contribution < 1.29 is 4.79 Å². The third kappa shape index (κ3) is 3.76. The summed E-state index contributed by atoms with van der Waals surface area (Å²) in [5.41, 5.74) is 3.11. The van der Waals surface area contributed by atoms with Crippen molar-refractivity contribution in [3.63, 3.8) is 0 Å². The molecular formula is C17H19NO. The Morgan fingerprint density at radius 2 is 1.58 bits per heavy atom. The molecule has 0 atom stereocenters. The molecule has 2 rings (SSSR count). The van der Waals surface area contributed by atoms with Gasteiger partial charge < -0.3 is 5.32 Å². The molecule has 2 aromatic carbocycles. The van der Waals surface area contributed by atoms with Gasteiger partial charge in [0.15, 0.2) is 5.78 Å². The molecule has 0 saturated heterocycles. The molecule has 98 valence electrons. The van der Waals surface area contributed by atoms with Crippen molar-refractivity contribution in [2.45, 2.75) is 13.3 Å². The van der Waals surface area contributed by atoms with E-state index in [2.05, 4.69) is 17.4 Å². The van der Waals surface area contributed by atoms with Gasteiger partial charge >= 0.3 is 0 Å². The van der Waals surface area contributed by atoms with Crippen LogP contribution in [-0.4, -0.2) is 18.9 Å². The fraction of sp³-hybridized carbons (Fsp3) is 0.235. The van der Waals surface area contributed by atoms with Gasteiger partial charge in [0, 0.05) is 18.5 Å². The highest BCUT2D eigenvalue weighted by Crippen LogP contribution is 2.19. The van der Waals surface area contributed by atoms with Crippen LogP contribution in [0.5, 0.6) is 0 Å². The van der Waals surface area contributed by atoms with E-state index in [0.29, 0.717) is 6.42 Å². The van der Waals surface area contributed by atoms with Crippen molar-refractivity contribution in [1.29, 1.82) is 0 Å². The Morgan fingerprint density at radius 3 is 2.21 bits per heavy atom. The van der Waals surface area contributed by atoms with Gasteiger partial charge in [0.1, 0.15) is 0 Å². The fourth-order valence-electron chi connectivity index (χ4n) is 2.00. The molecule has 0 heterocycles. The highest BCUT2D eigenvalue weighted by atomic mass is 16.1. The summed E-state index contributed by atoms with van der Waals surface area (Å²) in [7, 11) is 0. The molecule has 0 unspecified atom stereocenters. The van der Waals surface area contributed by atoms with Gasteiger partial charge in [-0.15, -0.1) is 0 Å². The molecule has 0 saturated carbocycles. The topological polar surface area (TPSA) is 29.1 Å². The van der Waals surface area contributed by atoms with E-state index in [0.717, 1.165) is 24.2 Å². The van der Waals surface area contributed by atoms with E-state index in [1.54, 1.807) is 0 Å². The Bertz CT molecular complexity index is 517. The predicted molar refractivity (Wildman–Crippen MR) is 79.4 cm³/mol. The highest BCUT2D eigenvalue weighted by Gasteiger charge is 2.05. The third-order valence-electron chi connectivity index (χ3n) is 3.09. The SMILES string of the molecule is CCNCCC(=O)c1ccc(-c2ccccc2)cc1. The number of nitrogens with one attached hydrogen (secondary N) is 1. The van der Waals surface area contributed by atoms with Crippen LogP contribution in [0.1, 0.15) is 23.7 Å². The number of ketones is 1. The molecule has 2 heteroatoms. The Morgan fingerprint density at radius 1 is 0.947 bits per heavy atom. The highest BCUT2D eigenvalue weighted by molar-refractivity contribution is 5.96. The van der Waals surface area contributed by atoms with Crippen molar-refractivity contribution in [3.05, 3.63) is 60.2 Å². The number of carbonyl (C=O) groups is 1. The lowest BCUT2D eigenvalue weighted by atomic mass is 10.0. The summed E-state index contributed by atoms with van der Waals surface area (Å²) in [6.45, 7) is 3.69. The minimum atomic E-state index is 0.195. The summed E-state index contributed by atoms with van der Waals surface area (Å²) in [4.78, 5) is 11.9. The van der Waals surface area contributed by atoms with Gasteiger partial charge in [-0.3, -0.25) is 4.79 Å². The number of hydrogen-bond acceptors (Lipinski definition) is 2. The zero-order valence-corrected chi connectivity index (χ0v) is 11.2. The van der Waals surface area contributed by atoms with Crippen LogP contribution < -0.4 is 5.32 Å². The first-order valence-corrected chi connectivity index (χ1v) is 6.70. The lowest BCUT2D eigenvalue weighted by Gasteiger charge is -2.04. The number of carbonyl (C=O) groups excluding carboxylic acids is 1. The first kappa shape index (κ1) is 13.5. The van der Waals surface area contributed by atoms with E-state index < -0.39 is 0 Å². The number of Topliss-reactive ketones (excluding diaryl/α,β-unsaturated/α-hetero) is 1. The summed E-state index contributed by atoms with van der Waals surface area (Å²) in [5.74, 6) is 0.195. The number of rotatable bonds is 6. The quantitative estimate of drug-likeness (QED) is 0.630. The van der Waals surface area contributed by atoms with Crippen molar-refractivity contribution in [3.8, 4) is 11.1 Å². The van der Waals surface area contributed by atoms with Gasteiger partial charge in [-0.05, 0) is 17.7 Å². The first-order valence-electron chi connectivity index (χ1n) is 6.70. The lowest BCUT2D eigenvalue weighted by molar-refractivity contribution is 0.0983. The summed E-state index contributed by atoms with van der Waals surface area (Å²) < 4.78 is 0. The molecular weight excluding hydrogens is 234 g/mol. The number of hydrogen-bond donors (Lipinski definition) is 1. The molecule has 1 N–H and O–H groups in total. The number of benzene rings is 2. The van der Waals surface area contributed by atoms with E-state index in [1.165, 1.54) is 5.56 Å². The van der Waals surface area contributed by atoms with Crippen LogP contribution in [-0.2, 0) is 0 Å². The van der Waals surface area contributed by atoms with Crippen LogP contribution >= 0.6 is 0 Å². The standard InChI is InChI=1S/C17H19NO/c1-2-18-13-12-17(19)16-10-8-15(9-11-16)14-6-4-3-5-7-14/h3-11,18H,2,12-13H2,1H3. The first-order chi connectivity index (χ1) is 9.31. The summed E-state index contributed by atoms with van der Waals surface area (Å²) >= 11 is 0. The monoisotopic (exact) mass is 253 g/mol. The zero-order chi connectivity index (χ0) is 13.5. The summed E-state index contributed by atoms with van der Waals surface area (Å²) in [5, 5.41) is 3.17. The van der Waals surface area contributed by atoms with Crippen molar-refractivity contribution in [2.75, 3.05) is 13.1 Å². The normalized spacial score (nSPS) is 10.4. The maximum Gasteiger partial charge on any atom is 0.164 e. The van der Waals surface area contributed by atoms with Crippen LogP contribution in [0.15, 0.2) is 54.6 Å². The van der Waals surface area contributed by atoms with Crippen LogP contribution in [0.3, 0.4) is 0 Å². The molecule has 2 nitrogen and oxygen atoms in total. The molecule has 0 aromatic heterocycles. The second-order valence-electron chi connectivity index (χ2n) is 4.47. The molecule has 0 aliphatic carbocycles. The Hall–Kier alpha value is -1.93. The van der Waals surface area contributed by atoms with E-state index >= 15 is 0 Å². The third-order valence-corrected chi connectivity index (χ3v) is 3.09. The average molecular weight is 253 g/mol. The van der Waals surface area contributed by atoms with Crippen LogP contribution in [0.4, 0.5) is 0 Å². The molecule has 0 aliphatic rings. The van der Waals surface area contributed by atoms with Crippen molar-refractivity contribution >= 4 is 5.78 Å². The van der Waals surface area contributed by atoms with Gasteiger partial charge in [-0.1, -0.05) is 61.5 Å². The molecule has 0 bridgehead atoms. The van der Waals surface area contributed by atoms with Crippen LogP contribution in [0, 0.1) is 0 Å². The van der Waals surface area contributed by atoms with Gasteiger partial charge in [-0.2, -0.15) is 0 Å². The maximum atomic E-state index is 11.9. The van der Waals surface area contributed by atoms with E-state index in [-0.39, 0.29) is 5.78 Å². The van der Waals surface area contributed by atoms with Crippen molar-refractivity contribution in [2.24, 2.45) is 0 Å². The second kappa shape index (κ2) is 6.86. The summed E-state index contributed by atoms with van der Waals surface area (Å²) in [6.07, 6.45) is 0.554. The zero-order valence-electron chi connectivity index (χ0n) is 11.2. The van der Waals surface area contributed by atoms with E-state index in [4.69, 9.17) is 0 Å². The molecule has 0 aliphatic heterocycles. The Kier molecular flexibility index (Phi) is 4.87. The Labute approximate surface area is 114 Å². The van der Waals surface area contributed by atoms with Crippen LogP contribution in [0.25, 0.3) is 11.1 Å². The molecule has 0 fully saturated rings. The van der Waals surface area contributed by atoms with Gasteiger partial charge in [0.2, 0.25) is 0 Å². The van der Waals surface area contributed by atoms with E-state index in [1.807, 2.05) is 49.4 Å². The summed E-state index contributed by atoms with van der Waals surface area (Å²) in [6, 6.07) is 18.0. The molecule has 19 heavy (non-hydrogen) atoms. The smallest absolute Gasteiger partial charge is 0.164 e. The molecule has 0 spiro atoms. The Balaban J connectivity index is 2.04. The predicted octanol–water partition coefficient (Wildman–Crippen LogP) is 3.54. The van der Waals surface area contributed by atoms with Crippen LogP contribution in [0.2, 0.25) is 0 Å². The van der Waals surface area contributed by atoms with E-state index in [9.17, 15) is 4.79 Å². The fourth-order valence-corrected chi connectivity index (χ4v) is 2.00. The lowest BCUT2D eigenvalue weighted by Crippen LogP contribution is -2.17. The molecule has 0 amide bonds. The maximum absolute atomic E-state index is 11.9.